The Morgan fingerprint density at radius 3 is 2.46 bits per heavy atom. The van der Waals surface area contributed by atoms with Gasteiger partial charge >= 0.3 is 0 Å². The highest BCUT2D eigenvalue weighted by molar-refractivity contribution is 6.31. The van der Waals surface area contributed by atoms with Crippen molar-refractivity contribution < 1.29 is 14.0 Å². The second kappa shape index (κ2) is 8.68. The standard InChI is InChI=1S/C27H20Cl2FN5O2/c1-15(17-4-6-18(28)7-5-17)35-25-24(32-33-35)27(13-23(36)31-25)21-12-19(29)8-11-22(21)34(26(27)37)14-16-2-9-20(30)10-3-16/h2-12,15H,13-14H2,1H3,(H,31,36)/t15-,27+/m0/s1. The molecular weight excluding hydrogens is 516 g/mol. The molecule has 0 bridgehead atoms. The molecule has 6 rings (SSSR count). The monoisotopic (exact) mass is 535 g/mol. The zero-order chi connectivity index (χ0) is 25.9. The SMILES string of the molecule is C[C@@H](c1ccc(Cl)cc1)n1nnc2c1NC(=O)C[C@]21C(=O)N(Cc2ccc(F)cc2)c2ccc(Cl)cc21. The van der Waals surface area contributed by atoms with Gasteiger partial charge in [0.25, 0.3) is 0 Å². The third-order valence-electron chi connectivity index (χ3n) is 7.07. The Labute approximate surface area is 221 Å². The summed E-state index contributed by atoms with van der Waals surface area (Å²) in [6, 6.07) is 18.2. The van der Waals surface area contributed by atoms with E-state index in [1.54, 1.807) is 52.0 Å². The minimum absolute atomic E-state index is 0.139. The lowest BCUT2D eigenvalue weighted by Gasteiger charge is -2.31. The van der Waals surface area contributed by atoms with Crippen molar-refractivity contribution >= 4 is 46.5 Å². The lowest BCUT2D eigenvalue weighted by atomic mass is 9.73. The number of fused-ring (bicyclic) bond motifs is 4. The van der Waals surface area contributed by atoms with Crippen LogP contribution in [-0.4, -0.2) is 26.8 Å². The number of aromatic nitrogens is 3. The Morgan fingerprint density at radius 1 is 1.03 bits per heavy atom. The Bertz CT molecular complexity index is 1550. The summed E-state index contributed by atoms with van der Waals surface area (Å²) in [7, 11) is 0. The average molecular weight is 536 g/mol. The first kappa shape index (κ1) is 23.6. The van der Waals surface area contributed by atoms with Gasteiger partial charge in [-0.3, -0.25) is 9.59 Å². The van der Waals surface area contributed by atoms with Crippen molar-refractivity contribution in [3.05, 3.63) is 105 Å². The van der Waals surface area contributed by atoms with Gasteiger partial charge in [0.15, 0.2) is 5.82 Å². The zero-order valence-corrected chi connectivity index (χ0v) is 21.1. The summed E-state index contributed by atoms with van der Waals surface area (Å²) in [6.07, 6.45) is -0.139. The summed E-state index contributed by atoms with van der Waals surface area (Å²) in [4.78, 5) is 29.0. The van der Waals surface area contributed by atoms with Crippen LogP contribution in [0.4, 0.5) is 15.9 Å². The largest absolute Gasteiger partial charge is 0.309 e. The van der Waals surface area contributed by atoms with E-state index in [0.29, 0.717) is 32.8 Å². The van der Waals surface area contributed by atoms with E-state index >= 15 is 0 Å². The molecule has 186 valence electrons. The molecule has 0 saturated carbocycles. The summed E-state index contributed by atoms with van der Waals surface area (Å²) >= 11 is 12.4. The molecule has 10 heteroatoms. The molecular formula is C27H20Cl2FN5O2. The maximum absolute atomic E-state index is 14.3. The van der Waals surface area contributed by atoms with Gasteiger partial charge in [0.2, 0.25) is 11.8 Å². The van der Waals surface area contributed by atoms with Crippen LogP contribution in [0.2, 0.25) is 10.0 Å². The summed E-state index contributed by atoms with van der Waals surface area (Å²) in [5, 5.41) is 12.8. The third-order valence-corrected chi connectivity index (χ3v) is 7.56. The third kappa shape index (κ3) is 3.70. The summed E-state index contributed by atoms with van der Waals surface area (Å²) in [5.74, 6) is -0.638. The summed E-state index contributed by atoms with van der Waals surface area (Å²) in [5.41, 5.74) is 1.84. The van der Waals surface area contributed by atoms with Gasteiger partial charge in [-0.25, -0.2) is 9.07 Å². The van der Waals surface area contributed by atoms with Gasteiger partial charge in [-0.1, -0.05) is 52.7 Å². The fourth-order valence-corrected chi connectivity index (χ4v) is 5.52. The van der Waals surface area contributed by atoms with E-state index in [-0.39, 0.29) is 36.6 Å². The number of hydrogen-bond donors (Lipinski definition) is 1. The van der Waals surface area contributed by atoms with Crippen LogP contribution in [-0.2, 0) is 21.5 Å². The Morgan fingerprint density at radius 2 is 1.73 bits per heavy atom. The molecule has 2 amide bonds. The second-order valence-electron chi connectivity index (χ2n) is 9.27. The van der Waals surface area contributed by atoms with E-state index < -0.39 is 5.41 Å². The average Bonchev–Trinajstić information content (AvgIpc) is 3.39. The Kier molecular flexibility index (Phi) is 5.54. The van der Waals surface area contributed by atoms with Crippen LogP contribution < -0.4 is 10.2 Å². The van der Waals surface area contributed by atoms with Crippen molar-refractivity contribution in [2.45, 2.75) is 31.3 Å². The highest BCUT2D eigenvalue weighted by Crippen LogP contribution is 2.52. The zero-order valence-electron chi connectivity index (χ0n) is 19.6. The van der Waals surface area contributed by atoms with E-state index in [0.717, 1.165) is 11.1 Å². The minimum Gasteiger partial charge on any atom is -0.309 e. The molecule has 3 aromatic carbocycles. The van der Waals surface area contributed by atoms with Gasteiger partial charge in [-0.15, -0.1) is 5.10 Å². The first-order valence-electron chi connectivity index (χ1n) is 11.7. The van der Waals surface area contributed by atoms with Crippen LogP contribution in [0.25, 0.3) is 0 Å². The topological polar surface area (TPSA) is 80.1 Å². The van der Waals surface area contributed by atoms with Crippen LogP contribution in [0, 0.1) is 5.82 Å². The molecule has 3 heterocycles. The molecule has 0 saturated heterocycles. The summed E-state index contributed by atoms with van der Waals surface area (Å²) < 4.78 is 15.1. The molecule has 2 aliphatic heterocycles. The highest BCUT2D eigenvalue weighted by Gasteiger charge is 2.58. The fourth-order valence-electron chi connectivity index (χ4n) is 5.22. The molecule has 0 radical (unpaired) electrons. The molecule has 1 spiro atoms. The molecule has 0 fully saturated rings. The lowest BCUT2D eigenvalue weighted by Crippen LogP contribution is -2.47. The molecule has 4 aromatic rings. The smallest absolute Gasteiger partial charge is 0.244 e. The quantitative estimate of drug-likeness (QED) is 0.373. The van der Waals surface area contributed by atoms with Crippen LogP contribution in [0.5, 0.6) is 0 Å². The lowest BCUT2D eigenvalue weighted by molar-refractivity contribution is -0.126. The molecule has 1 aromatic heterocycles. The normalized spacial score (nSPS) is 19.1. The number of halogens is 3. The molecule has 7 nitrogen and oxygen atoms in total. The number of hydrogen-bond acceptors (Lipinski definition) is 4. The number of benzene rings is 3. The number of anilines is 2. The number of nitrogens with one attached hydrogen (secondary N) is 1. The van der Waals surface area contributed by atoms with Crippen LogP contribution in [0.1, 0.15) is 41.8 Å². The van der Waals surface area contributed by atoms with E-state index in [1.165, 1.54) is 12.1 Å². The predicted molar refractivity (Wildman–Crippen MR) is 138 cm³/mol. The number of carbonyl (C=O) groups is 2. The number of nitrogens with zero attached hydrogens (tertiary/aromatic N) is 4. The van der Waals surface area contributed by atoms with E-state index in [9.17, 15) is 14.0 Å². The predicted octanol–water partition coefficient (Wildman–Crippen LogP) is 5.51. The molecule has 0 unspecified atom stereocenters. The minimum atomic E-state index is -1.39. The van der Waals surface area contributed by atoms with Crippen molar-refractivity contribution in [3.63, 3.8) is 0 Å². The Balaban J connectivity index is 1.49. The van der Waals surface area contributed by atoms with Crippen molar-refractivity contribution in [1.82, 2.24) is 15.0 Å². The van der Waals surface area contributed by atoms with Gasteiger partial charge in [0, 0.05) is 15.7 Å². The van der Waals surface area contributed by atoms with E-state index in [4.69, 9.17) is 23.2 Å². The molecule has 2 atom stereocenters. The molecule has 2 aliphatic rings. The van der Waals surface area contributed by atoms with Gasteiger partial charge in [-0.2, -0.15) is 0 Å². The Hall–Kier alpha value is -3.75. The van der Waals surface area contributed by atoms with Gasteiger partial charge < -0.3 is 10.2 Å². The van der Waals surface area contributed by atoms with Crippen LogP contribution >= 0.6 is 23.2 Å². The number of rotatable bonds is 4. The number of carbonyl (C=O) groups excluding carboxylic acids is 2. The maximum atomic E-state index is 14.3. The summed E-state index contributed by atoms with van der Waals surface area (Å²) in [6.45, 7) is 2.12. The fraction of sp³-hybridized carbons (Fsp3) is 0.185. The number of amides is 2. The molecule has 37 heavy (non-hydrogen) atoms. The van der Waals surface area contributed by atoms with Gasteiger partial charge in [-0.05, 0) is 66.1 Å². The van der Waals surface area contributed by atoms with Gasteiger partial charge in [0.05, 0.1) is 19.0 Å². The van der Waals surface area contributed by atoms with Crippen molar-refractivity contribution in [2.75, 3.05) is 10.2 Å². The second-order valence-corrected chi connectivity index (χ2v) is 10.1. The van der Waals surface area contributed by atoms with Crippen LogP contribution in [0.3, 0.4) is 0 Å². The van der Waals surface area contributed by atoms with Crippen molar-refractivity contribution in [3.8, 4) is 0 Å². The highest BCUT2D eigenvalue weighted by atomic mass is 35.5. The van der Waals surface area contributed by atoms with E-state index in [2.05, 4.69) is 15.6 Å². The molecule has 0 aliphatic carbocycles. The first-order valence-corrected chi connectivity index (χ1v) is 12.4. The van der Waals surface area contributed by atoms with Crippen LogP contribution in [0.15, 0.2) is 66.7 Å². The maximum Gasteiger partial charge on any atom is 0.244 e. The molecule has 1 N–H and O–H groups in total. The van der Waals surface area contributed by atoms with Crippen molar-refractivity contribution in [2.24, 2.45) is 0 Å². The first-order chi connectivity index (χ1) is 17.8. The van der Waals surface area contributed by atoms with Gasteiger partial charge in [0.1, 0.15) is 16.9 Å². The van der Waals surface area contributed by atoms with Crippen molar-refractivity contribution in [1.29, 1.82) is 0 Å². The van der Waals surface area contributed by atoms with E-state index in [1.807, 2.05) is 19.1 Å².